The first kappa shape index (κ1) is 20.4. The zero-order valence-electron chi connectivity index (χ0n) is 14.6. The van der Waals surface area contributed by atoms with Gasteiger partial charge in [0.25, 0.3) is 11.8 Å². The molecule has 2 amide bonds. The standard InChI is InChI=1S/C19H19F3N2O3/c1-27-12-13-2-4-14(5-3-13)17(25)23-10-11-24-18(26)15-6-8-16(9-7-15)19(20,21)22/h2-9H,10-12H2,1H3,(H,23,25)(H,24,26). The molecule has 0 saturated heterocycles. The molecule has 144 valence electrons. The maximum Gasteiger partial charge on any atom is 0.416 e. The van der Waals surface area contributed by atoms with Crippen molar-refractivity contribution in [2.45, 2.75) is 12.8 Å². The largest absolute Gasteiger partial charge is 0.416 e. The van der Waals surface area contributed by atoms with E-state index in [4.69, 9.17) is 4.74 Å². The van der Waals surface area contributed by atoms with Crippen molar-refractivity contribution in [3.05, 3.63) is 70.8 Å². The molecule has 0 bridgehead atoms. The summed E-state index contributed by atoms with van der Waals surface area (Å²) in [6, 6.07) is 10.8. The summed E-state index contributed by atoms with van der Waals surface area (Å²) in [7, 11) is 1.58. The molecule has 0 unspecified atom stereocenters. The van der Waals surface area contributed by atoms with Gasteiger partial charge in [0.1, 0.15) is 0 Å². The molecule has 0 spiro atoms. The van der Waals surface area contributed by atoms with E-state index < -0.39 is 17.6 Å². The molecule has 0 saturated carbocycles. The van der Waals surface area contributed by atoms with Crippen LogP contribution < -0.4 is 10.6 Å². The van der Waals surface area contributed by atoms with Gasteiger partial charge in [-0.15, -0.1) is 0 Å². The van der Waals surface area contributed by atoms with Crippen LogP contribution in [0.5, 0.6) is 0 Å². The van der Waals surface area contributed by atoms with E-state index in [1.165, 1.54) is 0 Å². The lowest BCUT2D eigenvalue weighted by atomic mass is 10.1. The van der Waals surface area contributed by atoms with E-state index in [-0.39, 0.29) is 24.6 Å². The second-order valence-corrected chi connectivity index (χ2v) is 5.72. The fourth-order valence-electron chi connectivity index (χ4n) is 2.29. The van der Waals surface area contributed by atoms with Gasteiger partial charge in [-0.3, -0.25) is 9.59 Å². The van der Waals surface area contributed by atoms with Crippen molar-refractivity contribution in [2.24, 2.45) is 0 Å². The molecule has 5 nitrogen and oxygen atoms in total. The highest BCUT2D eigenvalue weighted by molar-refractivity contribution is 5.95. The van der Waals surface area contributed by atoms with Gasteiger partial charge >= 0.3 is 6.18 Å². The number of carbonyl (C=O) groups excluding carboxylic acids is 2. The molecular formula is C19H19F3N2O3. The number of hydrogen-bond donors (Lipinski definition) is 2. The average Bonchev–Trinajstić information content (AvgIpc) is 2.65. The average molecular weight is 380 g/mol. The molecule has 0 aliphatic carbocycles. The molecule has 0 atom stereocenters. The first-order valence-corrected chi connectivity index (χ1v) is 8.13. The zero-order valence-corrected chi connectivity index (χ0v) is 14.6. The number of ether oxygens (including phenoxy) is 1. The maximum absolute atomic E-state index is 12.5. The van der Waals surface area contributed by atoms with Crippen molar-refractivity contribution in [3.63, 3.8) is 0 Å². The number of methoxy groups -OCH3 is 1. The molecule has 27 heavy (non-hydrogen) atoms. The van der Waals surface area contributed by atoms with Crippen molar-refractivity contribution in [1.29, 1.82) is 0 Å². The van der Waals surface area contributed by atoms with Gasteiger partial charge in [-0.05, 0) is 42.0 Å². The summed E-state index contributed by atoms with van der Waals surface area (Å²) in [5.74, 6) is -0.801. The van der Waals surface area contributed by atoms with Crippen LogP contribution in [0.3, 0.4) is 0 Å². The Morgan fingerprint density at radius 1 is 0.852 bits per heavy atom. The van der Waals surface area contributed by atoms with E-state index in [9.17, 15) is 22.8 Å². The van der Waals surface area contributed by atoms with Crippen LogP contribution in [0.25, 0.3) is 0 Å². The van der Waals surface area contributed by atoms with Crippen molar-refractivity contribution < 1.29 is 27.5 Å². The number of rotatable bonds is 7. The summed E-state index contributed by atoms with van der Waals surface area (Å²) in [6.07, 6.45) is -4.44. The van der Waals surface area contributed by atoms with E-state index in [1.54, 1.807) is 31.4 Å². The zero-order chi connectivity index (χ0) is 19.9. The molecule has 0 radical (unpaired) electrons. The first-order chi connectivity index (χ1) is 12.8. The number of benzene rings is 2. The third-order valence-electron chi connectivity index (χ3n) is 3.70. The Bertz CT molecular complexity index is 772. The summed E-state index contributed by atoms with van der Waals surface area (Å²) in [4.78, 5) is 23.9. The van der Waals surface area contributed by atoms with Gasteiger partial charge in [0.2, 0.25) is 0 Å². The Kier molecular flexibility index (Phi) is 6.95. The summed E-state index contributed by atoms with van der Waals surface area (Å²) < 4.78 is 42.5. The van der Waals surface area contributed by atoms with Gasteiger partial charge in [-0.2, -0.15) is 13.2 Å². The fourth-order valence-corrected chi connectivity index (χ4v) is 2.29. The van der Waals surface area contributed by atoms with Crippen LogP contribution in [0, 0.1) is 0 Å². The third kappa shape index (κ3) is 6.10. The predicted molar refractivity (Wildman–Crippen MR) is 93.3 cm³/mol. The number of alkyl halides is 3. The normalized spacial score (nSPS) is 11.1. The Labute approximate surface area is 154 Å². The quantitative estimate of drug-likeness (QED) is 0.726. The number of nitrogens with one attached hydrogen (secondary N) is 2. The number of amides is 2. The second kappa shape index (κ2) is 9.18. The predicted octanol–water partition coefficient (Wildman–Crippen LogP) is 3.01. The second-order valence-electron chi connectivity index (χ2n) is 5.72. The van der Waals surface area contributed by atoms with Crippen LogP contribution in [0.2, 0.25) is 0 Å². The molecular weight excluding hydrogens is 361 g/mol. The Balaban J connectivity index is 1.77. The van der Waals surface area contributed by atoms with Crippen LogP contribution >= 0.6 is 0 Å². The summed E-state index contributed by atoms with van der Waals surface area (Å²) >= 11 is 0. The Hall–Kier alpha value is -2.87. The summed E-state index contributed by atoms with van der Waals surface area (Å²) in [5.41, 5.74) is 0.715. The van der Waals surface area contributed by atoms with Gasteiger partial charge in [0.05, 0.1) is 12.2 Å². The van der Waals surface area contributed by atoms with Gasteiger partial charge in [0, 0.05) is 31.3 Å². The SMILES string of the molecule is COCc1ccc(C(=O)NCCNC(=O)c2ccc(C(F)(F)F)cc2)cc1. The summed E-state index contributed by atoms with van der Waals surface area (Å²) in [6.45, 7) is 0.788. The van der Waals surface area contributed by atoms with Crippen LogP contribution in [0.15, 0.2) is 48.5 Å². The first-order valence-electron chi connectivity index (χ1n) is 8.13. The highest BCUT2D eigenvalue weighted by Crippen LogP contribution is 2.29. The summed E-state index contributed by atoms with van der Waals surface area (Å²) in [5, 5.41) is 5.19. The number of halogens is 3. The lowest BCUT2D eigenvalue weighted by Gasteiger charge is -2.09. The number of carbonyl (C=O) groups is 2. The molecule has 2 aromatic carbocycles. The Morgan fingerprint density at radius 2 is 1.30 bits per heavy atom. The van der Waals surface area contributed by atoms with Crippen molar-refractivity contribution in [3.8, 4) is 0 Å². The van der Waals surface area contributed by atoms with Gasteiger partial charge < -0.3 is 15.4 Å². The molecule has 2 N–H and O–H groups in total. The Morgan fingerprint density at radius 3 is 1.70 bits per heavy atom. The van der Waals surface area contributed by atoms with Gasteiger partial charge in [-0.1, -0.05) is 12.1 Å². The maximum atomic E-state index is 12.5. The molecule has 0 aliphatic rings. The minimum atomic E-state index is -4.44. The molecule has 0 fully saturated rings. The van der Waals surface area contributed by atoms with Gasteiger partial charge in [-0.25, -0.2) is 0 Å². The molecule has 0 aromatic heterocycles. The highest BCUT2D eigenvalue weighted by Gasteiger charge is 2.30. The van der Waals surface area contributed by atoms with Crippen molar-refractivity contribution in [2.75, 3.05) is 20.2 Å². The van der Waals surface area contributed by atoms with Crippen molar-refractivity contribution in [1.82, 2.24) is 10.6 Å². The lowest BCUT2D eigenvalue weighted by molar-refractivity contribution is -0.137. The van der Waals surface area contributed by atoms with Crippen LogP contribution in [0.4, 0.5) is 13.2 Å². The molecule has 2 aromatic rings. The van der Waals surface area contributed by atoms with Crippen LogP contribution in [0.1, 0.15) is 31.8 Å². The van der Waals surface area contributed by atoms with E-state index in [2.05, 4.69) is 10.6 Å². The monoisotopic (exact) mass is 380 g/mol. The van der Waals surface area contributed by atoms with Crippen LogP contribution in [-0.4, -0.2) is 32.0 Å². The molecule has 0 heterocycles. The van der Waals surface area contributed by atoms with Crippen LogP contribution in [-0.2, 0) is 17.5 Å². The minimum Gasteiger partial charge on any atom is -0.380 e. The lowest BCUT2D eigenvalue weighted by Crippen LogP contribution is -2.34. The molecule has 0 aliphatic heterocycles. The molecule has 2 rings (SSSR count). The van der Waals surface area contributed by atoms with E-state index in [0.29, 0.717) is 12.2 Å². The van der Waals surface area contributed by atoms with Gasteiger partial charge in [0.15, 0.2) is 0 Å². The smallest absolute Gasteiger partial charge is 0.380 e. The van der Waals surface area contributed by atoms with E-state index in [0.717, 1.165) is 29.8 Å². The topological polar surface area (TPSA) is 67.4 Å². The van der Waals surface area contributed by atoms with E-state index in [1.807, 2.05) is 0 Å². The highest BCUT2D eigenvalue weighted by atomic mass is 19.4. The molecule has 8 heteroatoms. The minimum absolute atomic E-state index is 0.114. The fraction of sp³-hybridized carbons (Fsp3) is 0.263. The third-order valence-corrected chi connectivity index (χ3v) is 3.70. The number of hydrogen-bond acceptors (Lipinski definition) is 3. The van der Waals surface area contributed by atoms with Crippen molar-refractivity contribution >= 4 is 11.8 Å². The van der Waals surface area contributed by atoms with E-state index >= 15 is 0 Å².